The molecule has 4 aliphatic rings. The molecule has 3 heterocycles. The minimum absolute atomic E-state index is 0.0832. The van der Waals surface area contributed by atoms with Crippen LogP contribution in [0.5, 0.6) is 0 Å². The molecule has 0 radical (unpaired) electrons. The van der Waals surface area contributed by atoms with E-state index in [0.717, 1.165) is 44.1 Å². The fraction of sp³-hybridized carbons (Fsp3) is 0.600. The first-order valence-corrected chi connectivity index (χ1v) is 12.8. The van der Waals surface area contributed by atoms with Crippen molar-refractivity contribution >= 4 is 22.9 Å². The van der Waals surface area contributed by atoms with E-state index in [4.69, 9.17) is 4.74 Å². The van der Waals surface area contributed by atoms with Crippen LogP contribution in [0.3, 0.4) is 0 Å². The van der Waals surface area contributed by atoms with E-state index in [9.17, 15) is 20.1 Å². The van der Waals surface area contributed by atoms with Crippen LogP contribution in [0.25, 0.3) is 11.2 Å². The lowest BCUT2D eigenvalue weighted by Gasteiger charge is -2.29. The maximum Gasteiger partial charge on any atom is 0.247 e. The number of anilines is 1. The highest BCUT2D eigenvalue weighted by Gasteiger charge is 2.44. The van der Waals surface area contributed by atoms with E-state index >= 15 is 0 Å². The lowest BCUT2D eigenvalue weighted by atomic mass is 9.76. The maximum atomic E-state index is 12.5. The molecule has 2 unspecified atom stereocenters. The molecule has 2 bridgehead atoms. The molecule has 11 heteroatoms. The fourth-order valence-electron chi connectivity index (χ4n) is 5.23. The van der Waals surface area contributed by atoms with Crippen molar-refractivity contribution in [1.82, 2.24) is 24.8 Å². The van der Waals surface area contributed by atoms with Gasteiger partial charge in [0.15, 0.2) is 23.2 Å². The first-order valence-electron chi connectivity index (χ1n) is 12.8. The number of unbranched alkanes of at least 4 members (excludes halogenated alkanes) is 3. The number of aromatic nitrogens is 4. The molecule has 0 spiro atoms. The van der Waals surface area contributed by atoms with E-state index in [-0.39, 0.29) is 5.91 Å². The smallest absolute Gasteiger partial charge is 0.247 e. The Morgan fingerprint density at radius 1 is 1.06 bits per heavy atom. The molecule has 2 aromatic heterocycles. The van der Waals surface area contributed by atoms with Gasteiger partial charge < -0.3 is 30.7 Å². The van der Waals surface area contributed by atoms with Crippen LogP contribution in [-0.2, 0) is 9.53 Å². The van der Waals surface area contributed by atoms with E-state index in [2.05, 4.69) is 43.8 Å². The van der Waals surface area contributed by atoms with Crippen molar-refractivity contribution in [3.05, 3.63) is 36.5 Å². The molecule has 2 aromatic rings. The quantitative estimate of drug-likeness (QED) is 0.226. The van der Waals surface area contributed by atoms with Crippen molar-refractivity contribution in [3.8, 4) is 0 Å². The van der Waals surface area contributed by atoms with Gasteiger partial charge in [0.25, 0.3) is 0 Å². The number of allylic oxidation sites excluding steroid dienone is 3. The molecule has 5 N–H and O–H groups in total. The monoisotopic (exact) mass is 498 g/mol. The number of imidazole rings is 1. The van der Waals surface area contributed by atoms with Crippen molar-refractivity contribution in [2.24, 2.45) is 11.8 Å². The Morgan fingerprint density at radius 3 is 2.58 bits per heavy atom. The van der Waals surface area contributed by atoms with Gasteiger partial charge >= 0.3 is 0 Å². The second kappa shape index (κ2) is 11.0. The van der Waals surface area contributed by atoms with Gasteiger partial charge in [0.05, 0.1) is 12.9 Å². The van der Waals surface area contributed by atoms with Crippen LogP contribution < -0.4 is 10.6 Å². The summed E-state index contributed by atoms with van der Waals surface area (Å²) in [7, 11) is 0. The lowest BCUT2D eigenvalue weighted by molar-refractivity contribution is -0.118. The molecule has 1 saturated heterocycles. The number of hydrogen-bond acceptors (Lipinski definition) is 9. The molecule has 1 aliphatic heterocycles. The summed E-state index contributed by atoms with van der Waals surface area (Å²) in [5, 5.41) is 36.1. The Kier molecular flexibility index (Phi) is 7.61. The second-order valence-corrected chi connectivity index (χ2v) is 9.73. The van der Waals surface area contributed by atoms with Gasteiger partial charge in [-0.2, -0.15) is 0 Å². The zero-order valence-corrected chi connectivity index (χ0v) is 20.2. The molecule has 6 rings (SSSR count). The van der Waals surface area contributed by atoms with Crippen molar-refractivity contribution < 1.29 is 24.9 Å². The summed E-state index contributed by atoms with van der Waals surface area (Å²) in [4.78, 5) is 25.4. The fourth-order valence-corrected chi connectivity index (χ4v) is 5.23. The molecule has 36 heavy (non-hydrogen) atoms. The third-order valence-electron chi connectivity index (χ3n) is 7.29. The Hall–Kier alpha value is -2.86. The number of rotatable bonds is 11. The summed E-state index contributed by atoms with van der Waals surface area (Å²) in [6.07, 6.45) is 11.4. The van der Waals surface area contributed by atoms with E-state index < -0.39 is 31.1 Å². The maximum absolute atomic E-state index is 12.5. The molecule has 1 amide bonds. The Morgan fingerprint density at radius 2 is 1.89 bits per heavy atom. The van der Waals surface area contributed by atoms with Gasteiger partial charge in [-0.1, -0.05) is 31.1 Å². The van der Waals surface area contributed by atoms with Gasteiger partial charge in [0.2, 0.25) is 5.91 Å². The minimum atomic E-state index is -1.21. The van der Waals surface area contributed by atoms with Crippen LogP contribution in [-0.4, -0.2) is 78.8 Å². The topological polar surface area (TPSA) is 155 Å². The zero-order valence-electron chi connectivity index (χ0n) is 20.2. The first kappa shape index (κ1) is 24.8. The number of ether oxygens (including phenoxy) is 1. The standard InChI is InChI=1S/C25H34N6O5/c32-12-18-20(33)21(34)25(36-18)31-14-30-19-22(28-13-29-23(19)31)26-9-3-1-2-4-10-27-24(35)17-11-15-5-7-16(17)8-6-15/h5,7,11,13-16,18,20-21,25,32-34H,1-4,6,8-10,12H2,(H,27,35)(H,26,28,29)/t15?,16?,18-,20-,21-,25-/m1/s1. The third-order valence-corrected chi connectivity index (χ3v) is 7.29. The average Bonchev–Trinajstić information content (AvgIpc) is 3.47. The highest BCUT2D eigenvalue weighted by Crippen LogP contribution is 2.35. The van der Waals surface area contributed by atoms with Crippen LogP contribution in [0, 0.1) is 11.8 Å². The molecular weight excluding hydrogens is 464 g/mol. The number of carbonyl (C=O) groups is 1. The van der Waals surface area contributed by atoms with Crippen molar-refractivity contribution in [2.45, 2.75) is 63.1 Å². The highest BCUT2D eigenvalue weighted by atomic mass is 16.6. The number of nitrogens with zero attached hydrogens (tertiary/aromatic N) is 4. The van der Waals surface area contributed by atoms with Crippen LogP contribution in [0.15, 0.2) is 36.5 Å². The van der Waals surface area contributed by atoms with E-state index in [1.165, 1.54) is 12.7 Å². The summed E-state index contributed by atoms with van der Waals surface area (Å²) in [6, 6.07) is 0. The predicted octanol–water partition coefficient (Wildman–Crippen LogP) is 1.05. The van der Waals surface area contributed by atoms with Gasteiger partial charge in [-0.3, -0.25) is 9.36 Å². The normalized spacial score (nSPS) is 29.0. The van der Waals surface area contributed by atoms with Crippen LogP contribution >= 0.6 is 0 Å². The molecule has 3 aliphatic carbocycles. The third kappa shape index (κ3) is 5.01. The SMILES string of the molecule is O=C(NCCCCCCNc1ncnc2c1ncn2[C@@H]1O[C@H](CO)[C@@H](O)[C@H]1O)C1=CC2C=CC1CC2. The molecule has 1 fully saturated rings. The van der Waals surface area contributed by atoms with Crippen molar-refractivity contribution in [3.63, 3.8) is 0 Å². The number of hydrogen-bond donors (Lipinski definition) is 5. The minimum Gasteiger partial charge on any atom is -0.394 e. The number of aliphatic hydroxyl groups excluding tert-OH is 3. The average molecular weight is 499 g/mol. The molecule has 0 aromatic carbocycles. The zero-order chi connectivity index (χ0) is 25.1. The summed E-state index contributed by atoms with van der Waals surface area (Å²) < 4.78 is 7.14. The second-order valence-electron chi connectivity index (χ2n) is 9.73. The van der Waals surface area contributed by atoms with Gasteiger partial charge in [0.1, 0.15) is 24.6 Å². The molecule has 194 valence electrons. The van der Waals surface area contributed by atoms with Crippen molar-refractivity contribution in [2.75, 3.05) is 25.0 Å². The largest absolute Gasteiger partial charge is 0.394 e. The number of nitrogens with one attached hydrogen (secondary N) is 2. The van der Waals surface area contributed by atoms with Gasteiger partial charge in [0, 0.05) is 24.6 Å². The number of amides is 1. The van der Waals surface area contributed by atoms with Crippen molar-refractivity contribution in [1.29, 1.82) is 0 Å². The van der Waals surface area contributed by atoms with E-state index in [1.807, 2.05) is 0 Å². The summed E-state index contributed by atoms with van der Waals surface area (Å²) >= 11 is 0. The van der Waals surface area contributed by atoms with Crippen LogP contribution in [0.2, 0.25) is 0 Å². The van der Waals surface area contributed by atoms with Crippen LogP contribution in [0.1, 0.15) is 44.8 Å². The summed E-state index contributed by atoms with van der Waals surface area (Å²) in [6.45, 7) is 1.00. The van der Waals surface area contributed by atoms with E-state index in [0.29, 0.717) is 41.9 Å². The number of fused-ring (bicyclic) bond motifs is 2. The molecule has 0 saturated carbocycles. The summed E-state index contributed by atoms with van der Waals surface area (Å²) in [5.74, 6) is 1.39. The molecular formula is C25H34N6O5. The lowest BCUT2D eigenvalue weighted by Crippen LogP contribution is -2.33. The molecule has 11 nitrogen and oxygen atoms in total. The van der Waals surface area contributed by atoms with Gasteiger partial charge in [-0.05, 0) is 31.6 Å². The Labute approximate surface area is 209 Å². The number of aliphatic hydroxyl groups is 3. The van der Waals surface area contributed by atoms with E-state index in [1.54, 1.807) is 4.57 Å². The first-order chi connectivity index (χ1) is 17.6. The predicted molar refractivity (Wildman–Crippen MR) is 132 cm³/mol. The van der Waals surface area contributed by atoms with Gasteiger partial charge in [-0.15, -0.1) is 0 Å². The van der Waals surface area contributed by atoms with Gasteiger partial charge in [-0.25, -0.2) is 15.0 Å². The number of carbonyl (C=O) groups excluding carboxylic acids is 1. The Balaban J connectivity index is 1.04. The summed E-state index contributed by atoms with van der Waals surface area (Å²) in [5.41, 5.74) is 1.95. The van der Waals surface area contributed by atoms with Crippen LogP contribution in [0.4, 0.5) is 5.82 Å². The Bertz CT molecular complexity index is 1130. The molecule has 6 atom stereocenters. The highest BCUT2D eigenvalue weighted by molar-refractivity contribution is 5.94.